The van der Waals surface area contributed by atoms with E-state index in [1.165, 1.54) is 19.1 Å². The lowest BCUT2D eigenvalue weighted by atomic mass is 9.82. The Labute approximate surface area is 235 Å². The van der Waals surface area contributed by atoms with E-state index in [0.717, 1.165) is 44.2 Å². The molecule has 0 aromatic heterocycles. The monoisotopic (exact) mass is 583 g/mol. The lowest BCUT2D eigenvalue weighted by Crippen LogP contribution is -2.49. The average molecular weight is 584 g/mol. The fourth-order valence-corrected chi connectivity index (χ4v) is 4.92. The van der Waals surface area contributed by atoms with Gasteiger partial charge in [-0.2, -0.15) is 13.2 Å². The van der Waals surface area contributed by atoms with Crippen molar-refractivity contribution in [3.8, 4) is 11.5 Å². The van der Waals surface area contributed by atoms with Gasteiger partial charge in [0.15, 0.2) is 11.6 Å². The third-order valence-corrected chi connectivity index (χ3v) is 7.07. The summed E-state index contributed by atoms with van der Waals surface area (Å²) < 4.78 is 77.5. The Balaban J connectivity index is 2.16. The third kappa shape index (κ3) is 7.62. The molecule has 224 valence electrons. The highest BCUT2D eigenvalue weighted by molar-refractivity contribution is 6.04. The number of hydrogen-bond acceptors (Lipinski definition) is 7. The molecule has 1 amide bonds. The van der Waals surface area contributed by atoms with Crippen molar-refractivity contribution in [2.24, 2.45) is 11.8 Å². The number of nitrogens with zero attached hydrogens (tertiary/aromatic N) is 1. The number of esters is 1. The summed E-state index contributed by atoms with van der Waals surface area (Å²) >= 11 is 0. The SMILES string of the molecule is COCC(COC)N(C(=O)C1CCC(C)CC1)c1cc(F)c(Oc2ccc(C=O)cc2C(F)(F)F)cc1C(=O)OC. The van der Waals surface area contributed by atoms with E-state index < -0.39 is 47.0 Å². The largest absolute Gasteiger partial charge is 0.465 e. The van der Waals surface area contributed by atoms with E-state index in [1.54, 1.807) is 0 Å². The molecule has 2 aromatic carbocycles. The van der Waals surface area contributed by atoms with Gasteiger partial charge in [0, 0.05) is 37.8 Å². The summed E-state index contributed by atoms with van der Waals surface area (Å²) in [7, 11) is 3.91. The molecule has 12 heteroatoms. The topological polar surface area (TPSA) is 91.4 Å². The number of amides is 1. The van der Waals surface area contributed by atoms with E-state index in [9.17, 15) is 27.6 Å². The van der Waals surface area contributed by atoms with Crippen LogP contribution >= 0.6 is 0 Å². The molecule has 0 atom stereocenters. The Morgan fingerprint density at radius 1 is 1.00 bits per heavy atom. The molecule has 1 aliphatic rings. The predicted octanol–water partition coefficient (Wildman–Crippen LogP) is 6.06. The van der Waals surface area contributed by atoms with Crippen LogP contribution in [0, 0.1) is 17.7 Å². The van der Waals surface area contributed by atoms with Gasteiger partial charge in [0.2, 0.25) is 5.91 Å². The minimum absolute atomic E-state index is 0.0127. The highest BCUT2D eigenvalue weighted by Crippen LogP contribution is 2.41. The first-order chi connectivity index (χ1) is 19.4. The summed E-state index contributed by atoms with van der Waals surface area (Å²) in [6, 6.07) is 3.52. The molecule has 0 bridgehead atoms. The molecule has 0 saturated heterocycles. The fraction of sp³-hybridized carbons (Fsp3) is 0.483. The van der Waals surface area contributed by atoms with Crippen molar-refractivity contribution in [1.82, 2.24) is 0 Å². The van der Waals surface area contributed by atoms with Crippen LogP contribution < -0.4 is 9.64 Å². The first-order valence-corrected chi connectivity index (χ1v) is 13.0. The van der Waals surface area contributed by atoms with Crippen molar-refractivity contribution < 1.29 is 50.9 Å². The Hall–Kier alpha value is -3.51. The van der Waals surface area contributed by atoms with Crippen LogP contribution in [0.2, 0.25) is 0 Å². The number of ether oxygens (including phenoxy) is 4. The van der Waals surface area contributed by atoms with Crippen LogP contribution in [-0.4, -0.2) is 58.7 Å². The van der Waals surface area contributed by atoms with Gasteiger partial charge in [0.1, 0.15) is 12.0 Å². The quantitative estimate of drug-likeness (QED) is 0.181. The molecule has 8 nitrogen and oxygen atoms in total. The number of methoxy groups -OCH3 is 3. The molecule has 0 aliphatic heterocycles. The van der Waals surface area contributed by atoms with Crippen LogP contribution in [0.4, 0.5) is 23.2 Å². The maximum atomic E-state index is 15.6. The summed E-state index contributed by atoms with van der Waals surface area (Å²) in [5.74, 6) is -3.93. The second kappa shape index (κ2) is 13.9. The number of anilines is 1. The number of rotatable bonds is 11. The average Bonchev–Trinajstić information content (AvgIpc) is 2.94. The molecule has 3 rings (SSSR count). The molecular weight excluding hydrogens is 550 g/mol. The summed E-state index contributed by atoms with van der Waals surface area (Å²) in [6.45, 7) is 2.07. The van der Waals surface area contributed by atoms with Gasteiger partial charge in [-0.05, 0) is 49.8 Å². The molecular formula is C29H33F4NO7. The van der Waals surface area contributed by atoms with Crippen LogP contribution in [-0.2, 0) is 25.2 Å². The van der Waals surface area contributed by atoms with Crippen molar-refractivity contribution >= 4 is 23.9 Å². The van der Waals surface area contributed by atoms with E-state index in [4.69, 9.17) is 18.9 Å². The highest BCUT2D eigenvalue weighted by atomic mass is 19.4. The van der Waals surface area contributed by atoms with E-state index in [1.807, 2.05) is 0 Å². The van der Waals surface area contributed by atoms with Crippen LogP contribution in [0.1, 0.15) is 58.9 Å². The molecule has 41 heavy (non-hydrogen) atoms. The maximum Gasteiger partial charge on any atom is 0.420 e. The Morgan fingerprint density at radius 3 is 2.17 bits per heavy atom. The Bertz CT molecular complexity index is 1240. The summed E-state index contributed by atoms with van der Waals surface area (Å²) in [6.07, 6.45) is -1.87. The number of alkyl halides is 3. The predicted molar refractivity (Wildman–Crippen MR) is 141 cm³/mol. The van der Waals surface area contributed by atoms with Gasteiger partial charge in [0.25, 0.3) is 0 Å². The lowest BCUT2D eigenvalue weighted by molar-refractivity contribution is -0.138. The number of aldehydes is 1. The molecule has 2 aromatic rings. The zero-order valence-corrected chi connectivity index (χ0v) is 23.3. The molecule has 1 fully saturated rings. The van der Waals surface area contributed by atoms with Crippen LogP contribution in [0.25, 0.3) is 0 Å². The number of carbonyl (C=O) groups is 3. The number of hydrogen-bond donors (Lipinski definition) is 0. The fourth-order valence-electron chi connectivity index (χ4n) is 4.92. The zero-order chi connectivity index (χ0) is 30.3. The van der Waals surface area contributed by atoms with Gasteiger partial charge in [-0.1, -0.05) is 6.92 Å². The lowest BCUT2D eigenvalue weighted by Gasteiger charge is -2.36. The molecule has 1 saturated carbocycles. The summed E-state index contributed by atoms with van der Waals surface area (Å²) in [5.41, 5.74) is -2.04. The third-order valence-electron chi connectivity index (χ3n) is 7.07. The summed E-state index contributed by atoms with van der Waals surface area (Å²) in [5, 5.41) is 0. The molecule has 0 unspecified atom stereocenters. The molecule has 0 N–H and O–H groups in total. The van der Waals surface area contributed by atoms with Gasteiger partial charge < -0.3 is 23.8 Å². The highest BCUT2D eigenvalue weighted by Gasteiger charge is 2.37. The van der Waals surface area contributed by atoms with Crippen molar-refractivity contribution in [3.63, 3.8) is 0 Å². The van der Waals surface area contributed by atoms with Crippen LogP contribution in [0.5, 0.6) is 11.5 Å². The molecule has 0 heterocycles. The normalized spacial score (nSPS) is 17.3. The summed E-state index contributed by atoms with van der Waals surface area (Å²) in [4.78, 5) is 39.1. The minimum Gasteiger partial charge on any atom is -0.465 e. The first kappa shape index (κ1) is 32.0. The van der Waals surface area contributed by atoms with Crippen molar-refractivity contribution in [3.05, 3.63) is 52.8 Å². The second-order valence-corrected chi connectivity index (χ2v) is 9.99. The Morgan fingerprint density at radius 2 is 1.63 bits per heavy atom. The van der Waals surface area contributed by atoms with Crippen molar-refractivity contribution in [2.75, 3.05) is 39.4 Å². The number of benzene rings is 2. The standard InChI is InChI=1S/C29H33F4NO7/c1-17-5-8-19(9-6-17)27(36)34(20(15-38-2)16-39-3)24-13-23(30)26(12-21(24)28(37)40-4)41-25-10-7-18(14-35)11-22(25)29(31,32)33/h7,10-14,17,19-20H,5-6,8-9,15-16H2,1-4H3. The van der Waals surface area contributed by atoms with E-state index in [0.29, 0.717) is 24.8 Å². The van der Waals surface area contributed by atoms with E-state index in [-0.39, 0.29) is 42.2 Å². The first-order valence-electron chi connectivity index (χ1n) is 13.0. The van der Waals surface area contributed by atoms with Gasteiger partial charge in [-0.3, -0.25) is 9.59 Å². The minimum atomic E-state index is -4.93. The second-order valence-electron chi connectivity index (χ2n) is 9.99. The molecule has 1 aliphatic carbocycles. The zero-order valence-electron chi connectivity index (χ0n) is 23.3. The van der Waals surface area contributed by atoms with Gasteiger partial charge in [-0.15, -0.1) is 0 Å². The van der Waals surface area contributed by atoms with Crippen LogP contribution in [0.15, 0.2) is 30.3 Å². The maximum absolute atomic E-state index is 15.6. The van der Waals surface area contributed by atoms with Gasteiger partial charge in [-0.25, -0.2) is 9.18 Å². The van der Waals surface area contributed by atoms with Gasteiger partial charge >= 0.3 is 12.1 Å². The van der Waals surface area contributed by atoms with Gasteiger partial charge in [0.05, 0.1) is 43.2 Å². The van der Waals surface area contributed by atoms with Crippen molar-refractivity contribution in [2.45, 2.75) is 44.8 Å². The smallest absolute Gasteiger partial charge is 0.420 e. The number of halogens is 4. The Kier molecular flexibility index (Phi) is 10.9. The van der Waals surface area contributed by atoms with E-state index in [2.05, 4.69) is 6.92 Å². The molecule has 0 radical (unpaired) electrons. The van der Waals surface area contributed by atoms with Crippen LogP contribution in [0.3, 0.4) is 0 Å². The number of carbonyl (C=O) groups excluding carboxylic acids is 3. The van der Waals surface area contributed by atoms with E-state index >= 15 is 4.39 Å². The van der Waals surface area contributed by atoms with Crippen molar-refractivity contribution in [1.29, 1.82) is 0 Å². The molecule has 0 spiro atoms.